The molecule has 1 aliphatic rings. The molecule has 0 radical (unpaired) electrons. The van der Waals surface area contributed by atoms with Gasteiger partial charge in [-0.2, -0.15) is 0 Å². The second kappa shape index (κ2) is 7.20. The molecule has 0 spiro atoms. The van der Waals surface area contributed by atoms with E-state index in [-0.39, 0.29) is 36.4 Å². The van der Waals surface area contributed by atoms with Crippen LogP contribution in [-0.4, -0.2) is 0 Å². The van der Waals surface area contributed by atoms with E-state index in [1.807, 2.05) is 0 Å². The van der Waals surface area contributed by atoms with Gasteiger partial charge in [-0.1, -0.05) is 82.3 Å². The number of benzene rings is 2. The van der Waals surface area contributed by atoms with Crippen LogP contribution in [0.25, 0.3) is 11.6 Å². The van der Waals surface area contributed by atoms with Gasteiger partial charge in [0.15, 0.2) is 0 Å². The molecule has 2 aromatic rings. The van der Waals surface area contributed by atoms with Gasteiger partial charge in [0.1, 0.15) is 0 Å². The summed E-state index contributed by atoms with van der Waals surface area (Å²) >= 11 is 0. The third-order valence-electron chi connectivity index (χ3n) is 5.49. The summed E-state index contributed by atoms with van der Waals surface area (Å²) in [6.07, 6.45) is 4.81. The van der Waals surface area contributed by atoms with Crippen LogP contribution in [0.15, 0.2) is 48.5 Å². The van der Waals surface area contributed by atoms with Crippen molar-refractivity contribution >= 4 is 11.6 Å². The first-order valence-electron chi connectivity index (χ1n) is 8.68. The monoisotopic (exact) mass is 328 g/mol. The van der Waals surface area contributed by atoms with Crippen molar-refractivity contribution < 1.29 is 31.0 Å². The van der Waals surface area contributed by atoms with Crippen LogP contribution in [0.1, 0.15) is 71.1 Å². The first-order chi connectivity index (χ1) is 10.8. The average molecular weight is 328 g/mol. The van der Waals surface area contributed by atoms with Crippen LogP contribution < -0.4 is 29.6 Å². The molecule has 0 heterocycles. The van der Waals surface area contributed by atoms with Gasteiger partial charge in [0, 0.05) is 0 Å². The molecule has 2 aromatic carbocycles. The molecule has 0 aliphatic heterocycles. The number of hydrogen-bond acceptors (Lipinski definition) is 0. The van der Waals surface area contributed by atoms with E-state index < -0.39 is 0 Å². The van der Waals surface area contributed by atoms with E-state index in [1.54, 1.807) is 0 Å². The third-order valence-corrected chi connectivity index (χ3v) is 5.49. The van der Waals surface area contributed by atoms with Crippen molar-refractivity contribution in [1.82, 2.24) is 0 Å². The Morgan fingerprint density at radius 1 is 0.875 bits per heavy atom. The normalized spacial score (nSPS) is 18.5. The van der Waals surface area contributed by atoms with Gasteiger partial charge in [0.2, 0.25) is 0 Å². The summed E-state index contributed by atoms with van der Waals surface area (Å²) in [5.74, 6) is 0. The Kier molecular flexibility index (Phi) is 5.85. The van der Waals surface area contributed by atoms with Gasteiger partial charge in [0.25, 0.3) is 0 Å². The predicted octanol–water partition coefficient (Wildman–Crippen LogP) is 3.71. The van der Waals surface area contributed by atoms with E-state index in [0.717, 1.165) is 0 Å². The molecule has 0 amide bonds. The molecule has 0 aromatic heterocycles. The molecule has 24 heavy (non-hydrogen) atoms. The molecule has 122 valence electrons. The van der Waals surface area contributed by atoms with Crippen molar-refractivity contribution in [1.29, 1.82) is 0 Å². The topological polar surface area (TPSA) is 0 Å². The van der Waals surface area contributed by atoms with E-state index in [9.17, 15) is 0 Å². The summed E-state index contributed by atoms with van der Waals surface area (Å²) in [7, 11) is 0. The SMILES string of the molecule is CC(=Cc1ccccc1)c1ccc2c(c1)C(C)(C)CCC2(C)C.[H-].[Na+]. The summed E-state index contributed by atoms with van der Waals surface area (Å²) in [6, 6.07) is 17.7. The maximum Gasteiger partial charge on any atom is 1.00 e. The third kappa shape index (κ3) is 3.87. The van der Waals surface area contributed by atoms with Crippen LogP contribution >= 0.6 is 0 Å². The largest absolute Gasteiger partial charge is 1.00 e. The maximum absolute atomic E-state index is 2.44. The molecule has 0 saturated heterocycles. The van der Waals surface area contributed by atoms with E-state index >= 15 is 0 Å². The number of allylic oxidation sites excluding steroid dienone is 1. The van der Waals surface area contributed by atoms with Gasteiger partial charge in [-0.25, -0.2) is 0 Å². The Labute approximate surface area is 171 Å². The fourth-order valence-electron chi connectivity index (χ4n) is 3.72. The molecular formula is C23H29Na. The summed E-state index contributed by atoms with van der Waals surface area (Å²) in [6.45, 7) is 11.8. The molecule has 0 nitrogen and oxygen atoms in total. The Morgan fingerprint density at radius 3 is 2.08 bits per heavy atom. The Hall–Kier alpha value is -0.820. The van der Waals surface area contributed by atoms with Crippen LogP contribution in [0.3, 0.4) is 0 Å². The molecule has 0 unspecified atom stereocenters. The Morgan fingerprint density at radius 2 is 1.46 bits per heavy atom. The zero-order chi connectivity index (χ0) is 16.7. The average Bonchev–Trinajstić information content (AvgIpc) is 2.52. The molecular weight excluding hydrogens is 299 g/mol. The van der Waals surface area contributed by atoms with Crippen LogP contribution in [-0.2, 0) is 10.8 Å². The quantitative estimate of drug-likeness (QED) is 0.582. The number of rotatable bonds is 2. The fourth-order valence-corrected chi connectivity index (χ4v) is 3.72. The molecule has 0 bridgehead atoms. The van der Waals surface area contributed by atoms with E-state index in [2.05, 4.69) is 89.2 Å². The standard InChI is InChI=1S/C23H28.Na.H/c1-17(15-18-9-7-6-8-10-18)19-11-12-20-21(16-19)23(4,5)14-13-22(20,2)3;;/h6-12,15-16H,13-14H2,1-5H3;;/q;+1;-1. The second-order valence-electron chi connectivity index (χ2n) is 8.27. The van der Waals surface area contributed by atoms with Crippen molar-refractivity contribution in [2.24, 2.45) is 0 Å². The van der Waals surface area contributed by atoms with E-state index in [4.69, 9.17) is 0 Å². The van der Waals surface area contributed by atoms with Crippen LogP contribution in [0.2, 0.25) is 0 Å². The van der Waals surface area contributed by atoms with Gasteiger partial charge in [-0.3, -0.25) is 0 Å². The van der Waals surface area contributed by atoms with Crippen molar-refractivity contribution in [3.05, 3.63) is 70.8 Å². The van der Waals surface area contributed by atoms with Gasteiger partial charge >= 0.3 is 29.6 Å². The number of fused-ring (bicyclic) bond motifs is 1. The minimum atomic E-state index is 0. The molecule has 1 aliphatic carbocycles. The van der Waals surface area contributed by atoms with E-state index in [0.29, 0.717) is 5.41 Å². The summed E-state index contributed by atoms with van der Waals surface area (Å²) in [5, 5.41) is 0. The zero-order valence-electron chi connectivity index (χ0n) is 17.1. The summed E-state index contributed by atoms with van der Waals surface area (Å²) in [5.41, 5.74) is 7.57. The minimum absolute atomic E-state index is 0. The molecule has 1 heteroatoms. The second-order valence-corrected chi connectivity index (χ2v) is 8.27. The molecule has 3 rings (SSSR count). The molecule has 0 fully saturated rings. The Balaban J connectivity index is 0.00000156. The predicted molar refractivity (Wildman–Crippen MR) is 103 cm³/mol. The number of hydrogen-bond donors (Lipinski definition) is 0. The fraction of sp³-hybridized carbons (Fsp3) is 0.391. The maximum atomic E-state index is 2.44. The smallest absolute Gasteiger partial charge is 1.00 e. The van der Waals surface area contributed by atoms with Gasteiger partial charge < -0.3 is 1.43 Å². The van der Waals surface area contributed by atoms with Gasteiger partial charge in [-0.15, -0.1) is 0 Å². The van der Waals surface area contributed by atoms with Crippen molar-refractivity contribution in [3.8, 4) is 0 Å². The van der Waals surface area contributed by atoms with Gasteiger partial charge in [0.05, 0.1) is 0 Å². The first kappa shape index (κ1) is 19.5. The first-order valence-corrected chi connectivity index (χ1v) is 8.68. The summed E-state index contributed by atoms with van der Waals surface area (Å²) < 4.78 is 0. The van der Waals surface area contributed by atoms with Crippen molar-refractivity contribution in [2.75, 3.05) is 0 Å². The van der Waals surface area contributed by atoms with Crippen LogP contribution in [0.4, 0.5) is 0 Å². The zero-order valence-corrected chi connectivity index (χ0v) is 18.1. The summed E-state index contributed by atoms with van der Waals surface area (Å²) in [4.78, 5) is 0. The van der Waals surface area contributed by atoms with Crippen LogP contribution in [0, 0.1) is 0 Å². The van der Waals surface area contributed by atoms with E-state index in [1.165, 1.54) is 40.7 Å². The van der Waals surface area contributed by atoms with Crippen molar-refractivity contribution in [2.45, 2.75) is 58.3 Å². The minimum Gasteiger partial charge on any atom is -1.00 e. The Bertz CT molecular complexity index is 742. The molecule has 0 atom stereocenters. The van der Waals surface area contributed by atoms with Gasteiger partial charge in [-0.05, 0) is 58.4 Å². The molecule has 0 saturated carbocycles. The van der Waals surface area contributed by atoms with Crippen molar-refractivity contribution in [3.63, 3.8) is 0 Å². The molecule has 0 N–H and O–H groups in total. The van der Waals surface area contributed by atoms with Crippen LogP contribution in [0.5, 0.6) is 0 Å².